The van der Waals surface area contributed by atoms with Gasteiger partial charge in [-0.2, -0.15) is 10.1 Å². The van der Waals surface area contributed by atoms with E-state index in [1.807, 2.05) is 43.6 Å². The fraction of sp³-hybridized carbons (Fsp3) is 0.559. The average molecular weight is 676 g/mol. The number of hydrogen-bond donors (Lipinski definition) is 3. The Hall–Kier alpha value is -4.33. The molecule has 3 aromatic rings. The predicted molar refractivity (Wildman–Crippen MR) is 177 cm³/mol. The summed E-state index contributed by atoms with van der Waals surface area (Å²) in [7, 11) is 1.82. The number of hydrogen-bond acceptors (Lipinski definition) is 9. The van der Waals surface area contributed by atoms with Crippen LogP contribution in [0, 0.1) is 18.8 Å². The number of nitrogens with zero attached hydrogens (tertiary/aromatic N) is 5. The summed E-state index contributed by atoms with van der Waals surface area (Å²) >= 11 is 1.43. The molecule has 5 heterocycles. The topological polar surface area (TPSA) is 169 Å². The van der Waals surface area contributed by atoms with Crippen LogP contribution in [0.25, 0.3) is 21.7 Å². The van der Waals surface area contributed by atoms with Gasteiger partial charge in [-0.25, -0.2) is 9.78 Å². The molecule has 0 bridgehead atoms. The monoisotopic (exact) mass is 675 g/mol. The molecule has 254 valence electrons. The largest absolute Gasteiger partial charge is 0.479 e. The lowest BCUT2D eigenvalue weighted by atomic mass is 10.0. The van der Waals surface area contributed by atoms with Crippen LogP contribution >= 0.6 is 11.3 Å². The average Bonchev–Trinajstić information content (AvgIpc) is 3.81. The first-order valence-electron chi connectivity index (χ1n) is 16.9. The van der Waals surface area contributed by atoms with E-state index in [9.17, 15) is 24.3 Å². The van der Waals surface area contributed by atoms with Gasteiger partial charge in [0.25, 0.3) is 0 Å². The molecule has 48 heavy (non-hydrogen) atoms. The van der Waals surface area contributed by atoms with Crippen LogP contribution in [0.1, 0.15) is 69.9 Å². The summed E-state index contributed by atoms with van der Waals surface area (Å²) in [6, 6.07) is 1.99. The highest BCUT2D eigenvalue weighted by Gasteiger charge is 2.61. The summed E-state index contributed by atoms with van der Waals surface area (Å²) in [5.74, 6) is -1.33. The van der Waals surface area contributed by atoms with Gasteiger partial charge < -0.3 is 25.4 Å². The van der Waals surface area contributed by atoms with E-state index in [-0.39, 0.29) is 30.7 Å². The molecule has 5 atom stereocenters. The molecule has 14 heteroatoms. The fourth-order valence-electron chi connectivity index (χ4n) is 6.99. The van der Waals surface area contributed by atoms with E-state index in [0.717, 1.165) is 54.6 Å². The summed E-state index contributed by atoms with van der Waals surface area (Å²) in [6.07, 6.45) is 9.79. The third kappa shape index (κ3) is 6.54. The Morgan fingerprint density at radius 1 is 1.19 bits per heavy atom. The molecule has 3 N–H and O–H groups in total. The maximum absolute atomic E-state index is 14.3. The molecule has 3 aromatic heterocycles. The molecule has 2 aliphatic heterocycles. The minimum absolute atomic E-state index is 0.0757. The Morgan fingerprint density at radius 2 is 2.02 bits per heavy atom. The van der Waals surface area contributed by atoms with Crippen LogP contribution in [-0.4, -0.2) is 83.7 Å². The van der Waals surface area contributed by atoms with Gasteiger partial charge in [0.15, 0.2) is 5.82 Å². The number of amides is 3. The molecule has 3 amide bonds. The van der Waals surface area contributed by atoms with Gasteiger partial charge in [0.2, 0.25) is 23.6 Å². The standard InChI is InChI=1S/C34H41N7O6S/c1-19-14-25(40(2)39-19)29-36-23-12-13-48-28(23)31(37-29)47-22-16-26-30(43)38-34(33(45)46)17-21(34)8-6-4-3-5-7-9-24(32(44)41(26)18-22)35-27(42)15-20-10-11-20/h6,8,12-14,20-22,24,26H,3-5,7,9-11,15-18H2,1-2H3,(H,35,42)(H,38,43)(H,45,46)/t21-,22-,24+,26+,34-/m1/s1. The molecule has 2 aliphatic carbocycles. The van der Waals surface area contributed by atoms with E-state index in [0.29, 0.717) is 42.4 Å². The second-order valence-electron chi connectivity index (χ2n) is 13.7. The van der Waals surface area contributed by atoms with Crippen molar-refractivity contribution in [3.8, 4) is 17.4 Å². The van der Waals surface area contributed by atoms with Crippen molar-refractivity contribution < 1.29 is 29.0 Å². The van der Waals surface area contributed by atoms with Gasteiger partial charge in [-0.1, -0.05) is 25.0 Å². The van der Waals surface area contributed by atoms with Crippen LogP contribution < -0.4 is 15.4 Å². The first-order valence-corrected chi connectivity index (χ1v) is 17.7. The van der Waals surface area contributed by atoms with Gasteiger partial charge >= 0.3 is 5.97 Å². The molecule has 7 rings (SSSR count). The number of thiophene rings is 1. The molecule has 2 saturated carbocycles. The Morgan fingerprint density at radius 3 is 2.77 bits per heavy atom. The van der Waals surface area contributed by atoms with Gasteiger partial charge in [0.1, 0.15) is 34.1 Å². The van der Waals surface area contributed by atoms with Crippen molar-refractivity contribution in [1.82, 2.24) is 35.3 Å². The van der Waals surface area contributed by atoms with Crippen LogP contribution in [0.3, 0.4) is 0 Å². The normalized spacial score (nSPS) is 27.8. The number of fused-ring (bicyclic) bond motifs is 3. The lowest BCUT2D eigenvalue weighted by Gasteiger charge is -2.29. The molecule has 3 fully saturated rings. The van der Waals surface area contributed by atoms with Crippen LogP contribution in [0.15, 0.2) is 29.7 Å². The number of carbonyl (C=O) groups excluding carboxylic acids is 3. The summed E-state index contributed by atoms with van der Waals surface area (Å²) in [4.78, 5) is 64.7. The number of carboxylic acids is 1. The molecule has 0 unspecified atom stereocenters. The van der Waals surface area contributed by atoms with E-state index in [1.165, 1.54) is 16.2 Å². The number of aryl methyl sites for hydroxylation is 2. The number of aliphatic carboxylic acids is 1. The third-order valence-electron chi connectivity index (χ3n) is 9.91. The molecule has 0 spiro atoms. The smallest absolute Gasteiger partial charge is 0.330 e. The van der Waals surface area contributed by atoms with Gasteiger partial charge in [0.05, 0.1) is 17.8 Å². The lowest BCUT2D eigenvalue weighted by molar-refractivity contribution is -0.146. The van der Waals surface area contributed by atoms with Gasteiger partial charge in [-0.3, -0.25) is 19.1 Å². The lowest BCUT2D eigenvalue weighted by Crippen LogP contribution is -2.56. The molecular formula is C34H41N7O6S. The Labute approximate surface area is 282 Å². The van der Waals surface area contributed by atoms with Crippen molar-refractivity contribution in [3.05, 3.63) is 35.4 Å². The Kier molecular flexibility index (Phi) is 8.69. The fourth-order valence-corrected chi connectivity index (χ4v) is 7.76. The number of aromatic nitrogens is 4. The van der Waals surface area contributed by atoms with Crippen molar-refractivity contribution >= 4 is 45.2 Å². The molecule has 13 nitrogen and oxygen atoms in total. The van der Waals surface area contributed by atoms with E-state index in [4.69, 9.17) is 14.7 Å². The zero-order valence-corrected chi connectivity index (χ0v) is 28.0. The van der Waals surface area contributed by atoms with Crippen LogP contribution in [0.5, 0.6) is 5.88 Å². The van der Waals surface area contributed by atoms with Crippen molar-refractivity contribution in [3.63, 3.8) is 0 Å². The minimum atomic E-state index is -1.41. The second-order valence-corrected chi connectivity index (χ2v) is 14.6. The summed E-state index contributed by atoms with van der Waals surface area (Å²) < 4.78 is 8.97. The van der Waals surface area contributed by atoms with Crippen molar-refractivity contribution in [2.45, 2.75) is 94.9 Å². The predicted octanol–water partition coefficient (Wildman–Crippen LogP) is 3.51. The number of rotatable bonds is 7. The van der Waals surface area contributed by atoms with Crippen LogP contribution in [0.4, 0.5) is 0 Å². The number of allylic oxidation sites excluding steroid dienone is 1. The number of carbonyl (C=O) groups is 4. The Balaban J connectivity index is 1.19. The SMILES string of the molecule is Cc1cc(-c2nc(O[C@@H]3C[C@H]4C(=O)N[C@]5(C(=O)O)C[C@H]5C=CCCCCC[C@H](NC(=O)CC5CC5)C(=O)N4C3)c3sccc3n2)n(C)n1. The van der Waals surface area contributed by atoms with E-state index in [2.05, 4.69) is 15.7 Å². The second kappa shape index (κ2) is 12.9. The highest BCUT2D eigenvalue weighted by Crippen LogP contribution is 2.45. The summed E-state index contributed by atoms with van der Waals surface area (Å²) in [5, 5.41) is 22.3. The Bertz CT molecular complexity index is 1780. The molecular weight excluding hydrogens is 634 g/mol. The summed E-state index contributed by atoms with van der Waals surface area (Å²) in [5.41, 5.74) is 0.830. The minimum Gasteiger partial charge on any atom is -0.479 e. The van der Waals surface area contributed by atoms with Crippen molar-refractivity contribution in [2.24, 2.45) is 18.9 Å². The maximum Gasteiger partial charge on any atom is 0.330 e. The number of nitrogens with one attached hydrogen (secondary N) is 2. The zero-order valence-electron chi connectivity index (χ0n) is 27.2. The maximum atomic E-state index is 14.3. The van der Waals surface area contributed by atoms with E-state index >= 15 is 0 Å². The molecule has 0 aromatic carbocycles. The quantitative estimate of drug-likeness (QED) is 0.318. The first-order chi connectivity index (χ1) is 23.1. The van der Waals surface area contributed by atoms with Gasteiger partial charge in [-0.15, -0.1) is 11.3 Å². The molecule has 0 radical (unpaired) electrons. The van der Waals surface area contributed by atoms with Crippen LogP contribution in [-0.2, 0) is 26.2 Å². The number of carboxylic acid groups (broad SMARTS) is 1. The number of ether oxygens (including phenoxy) is 1. The van der Waals surface area contributed by atoms with Crippen molar-refractivity contribution in [1.29, 1.82) is 0 Å². The third-order valence-corrected chi connectivity index (χ3v) is 10.8. The zero-order chi connectivity index (χ0) is 33.6. The van der Waals surface area contributed by atoms with E-state index < -0.39 is 35.6 Å². The van der Waals surface area contributed by atoms with Gasteiger partial charge in [0, 0.05) is 25.8 Å². The highest BCUT2D eigenvalue weighted by atomic mass is 32.1. The first kappa shape index (κ1) is 32.2. The highest BCUT2D eigenvalue weighted by molar-refractivity contribution is 7.17. The van der Waals surface area contributed by atoms with Crippen molar-refractivity contribution in [2.75, 3.05) is 6.54 Å². The molecule has 4 aliphatic rings. The summed E-state index contributed by atoms with van der Waals surface area (Å²) in [6.45, 7) is 1.97. The van der Waals surface area contributed by atoms with Crippen LogP contribution in [0.2, 0.25) is 0 Å². The molecule has 1 saturated heterocycles. The van der Waals surface area contributed by atoms with Gasteiger partial charge in [-0.05, 0) is 68.9 Å². The van der Waals surface area contributed by atoms with E-state index in [1.54, 1.807) is 4.68 Å².